The molecule has 0 aromatic heterocycles. The third-order valence-corrected chi connectivity index (χ3v) is 11.3. The molecule has 0 radical (unpaired) electrons. The fraction of sp³-hybridized carbons (Fsp3) is 0.763. The number of imide groups is 1. The fourth-order valence-corrected chi connectivity index (χ4v) is 7.68. The minimum atomic E-state index is -1.04. The Kier molecular flexibility index (Phi) is 11.2. The van der Waals surface area contributed by atoms with E-state index in [0.717, 1.165) is 12.8 Å². The zero-order valence-corrected chi connectivity index (χ0v) is 32.2. The smallest absolute Gasteiger partial charge is 0.315 e. The molecule has 0 aromatic carbocycles. The maximum absolute atomic E-state index is 14.5. The normalized spacial score (nSPS) is 25.6. The summed E-state index contributed by atoms with van der Waals surface area (Å²) in [4.78, 5) is 96.7. The summed E-state index contributed by atoms with van der Waals surface area (Å²) in [5.41, 5.74) is -1.96. The Morgan fingerprint density at radius 1 is 0.902 bits per heavy atom. The van der Waals surface area contributed by atoms with Crippen LogP contribution in [0.15, 0.2) is 12.7 Å². The van der Waals surface area contributed by atoms with Crippen LogP contribution < -0.4 is 21.3 Å². The van der Waals surface area contributed by atoms with Crippen LogP contribution in [0.2, 0.25) is 0 Å². The van der Waals surface area contributed by atoms with Gasteiger partial charge in [-0.3, -0.25) is 33.7 Å². The minimum Gasteiger partial charge on any atom is -0.346 e. The molecule has 2 aliphatic carbocycles. The molecular formula is C38H60N6O7. The van der Waals surface area contributed by atoms with Gasteiger partial charge in [-0.2, -0.15) is 0 Å². The van der Waals surface area contributed by atoms with Gasteiger partial charge in [-0.05, 0) is 45.8 Å². The number of amides is 7. The van der Waals surface area contributed by atoms with E-state index in [-0.39, 0.29) is 60.9 Å². The summed E-state index contributed by atoms with van der Waals surface area (Å²) >= 11 is 0. The maximum atomic E-state index is 14.5. The second-order valence-corrected chi connectivity index (χ2v) is 18.7. The van der Waals surface area contributed by atoms with Gasteiger partial charge in [0, 0.05) is 32.5 Å². The Bertz CT molecular complexity index is 1430. The molecule has 2 aliphatic heterocycles. The lowest BCUT2D eigenvalue weighted by atomic mass is 9.80. The van der Waals surface area contributed by atoms with E-state index in [9.17, 15) is 33.6 Å². The molecule has 51 heavy (non-hydrogen) atoms. The third kappa shape index (κ3) is 9.18. The van der Waals surface area contributed by atoms with Gasteiger partial charge < -0.3 is 26.2 Å². The second kappa shape index (κ2) is 14.3. The Morgan fingerprint density at radius 3 is 2.00 bits per heavy atom. The van der Waals surface area contributed by atoms with Crippen molar-refractivity contribution < 1.29 is 33.6 Å². The highest BCUT2D eigenvalue weighted by molar-refractivity contribution is 6.38. The van der Waals surface area contributed by atoms with Crippen LogP contribution in [0.3, 0.4) is 0 Å². The van der Waals surface area contributed by atoms with Crippen molar-refractivity contribution in [1.82, 2.24) is 31.1 Å². The van der Waals surface area contributed by atoms with E-state index in [1.165, 1.54) is 15.9 Å². The van der Waals surface area contributed by atoms with Crippen LogP contribution in [0.1, 0.15) is 101 Å². The van der Waals surface area contributed by atoms with Crippen LogP contribution in [0.5, 0.6) is 0 Å². The number of rotatable bonds is 13. The van der Waals surface area contributed by atoms with Gasteiger partial charge in [-0.1, -0.05) is 88.2 Å². The molecule has 4 fully saturated rings. The van der Waals surface area contributed by atoms with E-state index >= 15 is 0 Å². The zero-order valence-electron chi connectivity index (χ0n) is 32.2. The van der Waals surface area contributed by atoms with Crippen LogP contribution in [-0.4, -0.2) is 95.0 Å². The average molecular weight is 713 g/mol. The molecule has 4 rings (SSSR count). The molecule has 0 bridgehead atoms. The van der Waals surface area contributed by atoms with Crippen molar-refractivity contribution in [2.45, 2.75) is 126 Å². The van der Waals surface area contributed by atoms with Gasteiger partial charge in [-0.15, -0.1) is 6.58 Å². The van der Waals surface area contributed by atoms with Gasteiger partial charge in [-0.25, -0.2) is 4.79 Å². The Morgan fingerprint density at radius 2 is 1.49 bits per heavy atom. The standard InChI is InChI=1S/C38H60N6O7/c1-12-15-39-32(49)29(47)23(16-21-13-14-21)40-31(48)28-27-22(38(27,10)11)19-44(28)33(50)30(36(5,6)7)42-34(51)41-24(35(2,3)4)20-43-25(45)17-37(8,9)18-26(43)46/h12,21-24,27-28,30H,1,13-20H2,2-11H3,(H,39,49)(H,40,48)(H2,41,42,51)/t22-,23?,24+,27-,28?,30+/m0/s1. The van der Waals surface area contributed by atoms with E-state index in [1.54, 1.807) is 0 Å². The molecule has 0 spiro atoms. The predicted molar refractivity (Wildman–Crippen MR) is 192 cm³/mol. The highest BCUT2D eigenvalue weighted by Gasteiger charge is 2.70. The van der Waals surface area contributed by atoms with E-state index in [0.29, 0.717) is 13.0 Å². The molecule has 2 saturated heterocycles. The van der Waals surface area contributed by atoms with Crippen molar-refractivity contribution in [3.8, 4) is 0 Å². The largest absolute Gasteiger partial charge is 0.346 e. The predicted octanol–water partition coefficient (Wildman–Crippen LogP) is 2.93. The third-order valence-electron chi connectivity index (χ3n) is 11.3. The molecule has 0 aromatic rings. The Balaban J connectivity index is 1.52. The number of likely N-dealkylation sites (tertiary alicyclic amines) is 2. The molecule has 284 valence electrons. The molecule has 2 unspecified atom stereocenters. The topological polar surface area (TPSA) is 174 Å². The number of nitrogens with zero attached hydrogens (tertiary/aromatic N) is 2. The molecule has 13 nitrogen and oxygen atoms in total. The molecule has 13 heteroatoms. The quantitative estimate of drug-likeness (QED) is 0.129. The first kappa shape index (κ1) is 40.0. The van der Waals surface area contributed by atoms with Gasteiger partial charge in [0.1, 0.15) is 12.1 Å². The summed E-state index contributed by atoms with van der Waals surface area (Å²) in [6, 6.07) is -4.20. The van der Waals surface area contributed by atoms with Crippen LogP contribution in [-0.2, 0) is 28.8 Å². The Hall–Kier alpha value is -3.77. The average Bonchev–Trinajstić information content (AvgIpc) is 3.84. The minimum absolute atomic E-state index is 0.00202. The van der Waals surface area contributed by atoms with Crippen LogP contribution >= 0.6 is 0 Å². The highest BCUT2D eigenvalue weighted by atomic mass is 16.2. The van der Waals surface area contributed by atoms with Crippen molar-refractivity contribution in [2.24, 2.45) is 39.4 Å². The number of hydrogen-bond donors (Lipinski definition) is 4. The lowest BCUT2D eigenvalue weighted by Crippen LogP contribution is -2.63. The summed E-state index contributed by atoms with van der Waals surface area (Å²) in [6.07, 6.45) is 4.10. The molecule has 7 amide bonds. The first-order valence-corrected chi connectivity index (χ1v) is 18.3. The molecule has 2 saturated carbocycles. The maximum Gasteiger partial charge on any atom is 0.315 e. The molecule has 2 heterocycles. The van der Waals surface area contributed by atoms with Gasteiger partial charge in [0.15, 0.2) is 0 Å². The van der Waals surface area contributed by atoms with Crippen LogP contribution in [0.25, 0.3) is 0 Å². The number of hydrogen-bond acceptors (Lipinski definition) is 7. The lowest BCUT2D eigenvalue weighted by molar-refractivity contribution is -0.153. The number of carbonyl (C=O) groups is 7. The van der Waals surface area contributed by atoms with Gasteiger partial charge in [0.05, 0.1) is 12.1 Å². The van der Waals surface area contributed by atoms with Crippen molar-refractivity contribution in [2.75, 3.05) is 19.6 Å². The molecule has 4 aliphatic rings. The number of carbonyl (C=O) groups excluding carboxylic acids is 7. The van der Waals surface area contributed by atoms with E-state index < -0.39 is 69.9 Å². The van der Waals surface area contributed by atoms with E-state index in [1.807, 2.05) is 55.4 Å². The molecule has 4 N–H and O–H groups in total. The fourth-order valence-electron chi connectivity index (χ4n) is 7.68. The summed E-state index contributed by atoms with van der Waals surface area (Å²) in [5.74, 6) is -2.86. The van der Waals surface area contributed by atoms with Crippen molar-refractivity contribution >= 4 is 41.4 Å². The van der Waals surface area contributed by atoms with Gasteiger partial charge in [0.25, 0.3) is 5.91 Å². The number of nitrogens with one attached hydrogen (secondary N) is 4. The summed E-state index contributed by atoms with van der Waals surface area (Å²) < 4.78 is 0. The number of fused-ring (bicyclic) bond motifs is 1. The number of ketones is 1. The van der Waals surface area contributed by atoms with Crippen molar-refractivity contribution in [3.63, 3.8) is 0 Å². The van der Waals surface area contributed by atoms with Crippen molar-refractivity contribution in [1.29, 1.82) is 0 Å². The summed E-state index contributed by atoms with van der Waals surface area (Å²) in [5, 5.41) is 11.2. The van der Waals surface area contributed by atoms with E-state index in [2.05, 4.69) is 41.7 Å². The van der Waals surface area contributed by atoms with Crippen LogP contribution in [0, 0.1) is 39.4 Å². The molecule has 6 atom stereocenters. The van der Waals surface area contributed by atoms with Gasteiger partial charge >= 0.3 is 6.03 Å². The second-order valence-electron chi connectivity index (χ2n) is 18.7. The summed E-state index contributed by atoms with van der Waals surface area (Å²) in [6.45, 7) is 23.0. The van der Waals surface area contributed by atoms with Crippen molar-refractivity contribution in [3.05, 3.63) is 12.7 Å². The summed E-state index contributed by atoms with van der Waals surface area (Å²) in [7, 11) is 0. The first-order valence-electron chi connectivity index (χ1n) is 18.3. The lowest BCUT2D eigenvalue weighted by Gasteiger charge is -2.40. The van der Waals surface area contributed by atoms with E-state index in [4.69, 9.17) is 0 Å². The SMILES string of the molecule is C=CCNC(=O)C(=O)C(CC1CC1)NC(=O)C1[C@@H]2[C@H](CN1C(=O)[C@@H](NC(=O)N[C@H](CN1C(=O)CC(C)(C)CC1=O)C(C)(C)C)C(C)(C)C)C2(C)C. The first-order chi connectivity index (χ1) is 23.4. The Labute approximate surface area is 302 Å². The van der Waals surface area contributed by atoms with Gasteiger partial charge in [0.2, 0.25) is 29.4 Å². The molecular weight excluding hydrogens is 652 g/mol. The number of Topliss-reactive ketones (excluding diaryl/α,β-unsaturated/α-hetero) is 1. The number of urea groups is 1. The zero-order chi connectivity index (χ0) is 38.4. The monoisotopic (exact) mass is 712 g/mol. The highest BCUT2D eigenvalue weighted by Crippen LogP contribution is 2.65. The number of piperidine rings is 2. The van der Waals surface area contributed by atoms with Crippen LogP contribution in [0.4, 0.5) is 4.79 Å².